The molecule has 0 aliphatic heterocycles. The summed E-state index contributed by atoms with van der Waals surface area (Å²) < 4.78 is 4.93. The molecule has 0 amide bonds. The number of aromatic nitrogens is 3. The number of imidazole rings is 1. The molecule has 42 heavy (non-hydrogen) atoms. The van der Waals surface area contributed by atoms with Crippen LogP contribution in [0.4, 0.5) is 0 Å². The highest BCUT2D eigenvalue weighted by Crippen LogP contribution is 2.41. The normalized spacial score (nSPS) is 11.8. The number of nitrogens with zero attached hydrogens (tertiary/aromatic N) is 3. The molecule has 196 valence electrons. The van der Waals surface area contributed by atoms with Crippen molar-refractivity contribution in [2.24, 2.45) is 0 Å². The van der Waals surface area contributed by atoms with Gasteiger partial charge in [-0.1, -0.05) is 103 Å². The smallest absolute Gasteiger partial charge is 0.164 e. The lowest BCUT2D eigenvalue weighted by Gasteiger charge is -2.13. The molecular formula is C38H23N3S. The van der Waals surface area contributed by atoms with Crippen molar-refractivity contribution in [2.75, 3.05) is 0 Å². The lowest BCUT2D eigenvalue weighted by atomic mass is 9.99. The maximum absolute atomic E-state index is 5.29. The summed E-state index contributed by atoms with van der Waals surface area (Å²) in [5, 5.41) is 7.40. The van der Waals surface area contributed by atoms with Crippen LogP contribution in [0.1, 0.15) is 0 Å². The predicted octanol–water partition coefficient (Wildman–Crippen LogP) is 10.4. The molecule has 0 bridgehead atoms. The molecule has 0 aliphatic carbocycles. The van der Waals surface area contributed by atoms with Gasteiger partial charge in [0.1, 0.15) is 5.69 Å². The third-order valence-corrected chi connectivity index (χ3v) is 9.49. The quantitative estimate of drug-likeness (QED) is 0.204. The number of pyridine rings is 1. The monoisotopic (exact) mass is 553 g/mol. The number of benzene rings is 6. The molecule has 0 N–H and O–H groups in total. The third kappa shape index (κ3) is 3.39. The molecule has 3 nitrogen and oxygen atoms in total. The van der Waals surface area contributed by atoms with Crippen LogP contribution in [0, 0.1) is 0 Å². The zero-order chi connectivity index (χ0) is 27.6. The fraction of sp³-hybridized carbons (Fsp3) is 0. The maximum Gasteiger partial charge on any atom is 0.164 e. The second-order valence-electron chi connectivity index (χ2n) is 10.6. The Kier molecular flexibility index (Phi) is 5.07. The van der Waals surface area contributed by atoms with Gasteiger partial charge in [0, 0.05) is 42.8 Å². The fourth-order valence-electron chi connectivity index (χ4n) is 6.39. The van der Waals surface area contributed by atoms with Gasteiger partial charge < -0.3 is 0 Å². The first kappa shape index (κ1) is 23.4. The minimum Gasteiger partial charge on any atom is -0.290 e. The van der Waals surface area contributed by atoms with Crippen molar-refractivity contribution >= 4 is 64.1 Å². The Labute approximate surface area is 246 Å². The van der Waals surface area contributed by atoms with Crippen LogP contribution >= 0.6 is 11.3 Å². The second-order valence-corrected chi connectivity index (χ2v) is 11.7. The summed E-state index contributed by atoms with van der Waals surface area (Å²) in [6, 6.07) is 47.5. The van der Waals surface area contributed by atoms with Crippen molar-refractivity contribution in [1.82, 2.24) is 14.5 Å². The summed E-state index contributed by atoms with van der Waals surface area (Å²) in [5.74, 6) is 0.839. The average molecular weight is 554 g/mol. The molecule has 0 saturated heterocycles. The first-order valence-corrected chi connectivity index (χ1v) is 14.9. The van der Waals surface area contributed by atoms with Gasteiger partial charge in [0.05, 0.1) is 11.0 Å². The van der Waals surface area contributed by atoms with Crippen molar-refractivity contribution in [3.05, 3.63) is 140 Å². The number of fused-ring (bicyclic) bond motifs is 9. The van der Waals surface area contributed by atoms with Gasteiger partial charge in [-0.3, -0.25) is 9.55 Å². The van der Waals surface area contributed by atoms with Crippen molar-refractivity contribution in [2.45, 2.75) is 0 Å². The lowest BCUT2D eigenvalue weighted by Crippen LogP contribution is -1.99. The highest BCUT2D eigenvalue weighted by molar-refractivity contribution is 7.26. The summed E-state index contributed by atoms with van der Waals surface area (Å²) in [5.41, 5.74) is 6.47. The summed E-state index contributed by atoms with van der Waals surface area (Å²) >= 11 is 1.87. The van der Waals surface area contributed by atoms with Gasteiger partial charge in [-0.05, 0) is 52.2 Å². The van der Waals surface area contributed by atoms with Gasteiger partial charge >= 0.3 is 0 Å². The van der Waals surface area contributed by atoms with Gasteiger partial charge in [0.15, 0.2) is 5.82 Å². The van der Waals surface area contributed by atoms with Gasteiger partial charge in [-0.25, -0.2) is 4.98 Å². The standard InChI is InChI=1S/C38H23N3S/c1-3-13-30-27(10-1)28-11-2-4-14-31(28)36-35(30)40-38(33-17-7-8-23-39-33)41(36)25-21-19-24(20-22-25)26-15-9-16-32-29-12-5-6-18-34(29)42-37(26)32/h1-23H. The number of hydrogen-bond donors (Lipinski definition) is 0. The molecule has 0 spiro atoms. The summed E-state index contributed by atoms with van der Waals surface area (Å²) in [6.07, 6.45) is 1.84. The molecule has 0 saturated carbocycles. The number of rotatable bonds is 3. The SMILES string of the molecule is c1ccc(-c2nc3c4ccccc4c4ccccc4c3n2-c2ccc(-c3cccc4c3sc3ccccc34)cc2)nc1. The van der Waals surface area contributed by atoms with E-state index in [-0.39, 0.29) is 0 Å². The van der Waals surface area contributed by atoms with Crippen molar-refractivity contribution in [1.29, 1.82) is 0 Å². The van der Waals surface area contributed by atoms with Crippen molar-refractivity contribution in [3.63, 3.8) is 0 Å². The van der Waals surface area contributed by atoms with Gasteiger partial charge in [0.2, 0.25) is 0 Å². The van der Waals surface area contributed by atoms with Gasteiger partial charge in [-0.15, -0.1) is 11.3 Å². The molecule has 0 fully saturated rings. The van der Waals surface area contributed by atoms with Crippen LogP contribution < -0.4 is 0 Å². The van der Waals surface area contributed by atoms with Crippen LogP contribution in [-0.4, -0.2) is 14.5 Å². The second kappa shape index (κ2) is 9.10. The van der Waals surface area contributed by atoms with E-state index in [2.05, 4.69) is 120 Å². The topological polar surface area (TPSA) is 30.7 Å². The van der Waals surface area contributed by atoms with Crippen LogP contribution in [0.3, 0.4) is 0 Å². The van der Waals surface area contributed by atoms with Gasteiger partial charge in [-0.2, -0.15) is 0 Å². The Morgan fingerprint density at radius 1 is 0.524 bits per heavy atom. The molecule has 3 heterocycles. The van der Waals surface area contributed by atoms with Gasteiger partial charge in [0.25, 0.3) is 0 Å². The van der Waals surface area contributed by atoms with E-state index < -0.39 is 0 Å². The third-order valence-electron chi connectivity index (χ3n) is 8.27. The fourth-order valence-corrected chi connectivity index (χ4v) is 7.63. The Hall–Kier alpha value is -5.32. The molecule has 6 aromatic carbocycles. The average Bonchev–Trinajstić information content (AvgIpc) is 3.65. The van der Waals surface area contributed by atoms with E-state index in [0.717, 1.165) is 33.6 Å². The molecule has 0 atom stereocenters. The first-order valence-electron chi connectivity index (χ1n) is 14.1. The van der Waals surface area contributed by atoms with Crippen LogP contribution in [0.15, 0.2) is 140 Å². The molecule has 9 rings (SSSR count). The largest absolute Gasteiger partial charge is 0.290 e. The highest BCUT2D eigenvalue weighted by atomic mass is 32.1. The van der Waals surface area contributed by atoms with Crippen LogP contribution in [0.5, 0.6) is 0 Å². The van der Waals surface area contributed by atoms with Crippen LogP contribution in [-0.2, 0) is 0 Å². The van der Waals surface area contributed by atoms with E-state index in [4.69, 9.17) is 9.97 Å². The van der Waals surface area contributed by atoms with E-state index in [9.17, 15) is 0 Å². The molecule has 9 aromatic rings. The summed E-state index contributed by atoms with van der Waals surface area (Å²) in [7, 11) is 0. The molecule has 3 aromatic heterocycles. The van der Waals surface area contributed by atoms with Crippen LogP contribution in [0.2, 0.25) is 0 Å². The predicted molar refractivity (Wildman–Crippen MR) is 178 cm³/mol. The number of thiophene rings is 1. The minimum absolute atomic E-state index is 0.839. The Balaban J connectivity index is 1.31. The minimum atomic E-state index is 0.839. The van der Waals surface area contributed by atoms with E-state index in [1.165, 1.54) is 47.5 Å². The Morgan fingerprint density at radius 3 is 1.98 bits per heavy atom. The van der Waals surface area contributed by atoms with Crippen LogP contribution in [0.25, 0.3) is 81.1 Å². The van der Waals surface area contributed by atoms with E-state index in [0.29, 0.717) is 0 Å². The molecule has 0 radical (unpaired) electrons. The van der Waals surface area contributed by atoms with Crippen molar-refractivity contribution < 1.29 is 0 Å². The Morgan fingerprint density at radius 2 is 1.19 bits per heavy atom. The zero-order valence-corrected chi connectivity index (χ0v) is 23.3. The number of hydrogen-bond acceptors (Lipinski definition) is 3. The van der Waals surface area contributed by atoms with E-state index >= 15 is 0 Å². The van der Waals surface area contributed by atoms with E-state index in [1.807, 2.05) is 35.7 Å². The Bertz CT molecular complexity index is 2450. The molecule has 0 unspecified atom stereocenters. The molecule has 0 aliphatic rings. The highest BCUT2D eigenvalue weighted by Gasteiger charge is 2.20. The molecular weight excluding hydrogens is 531 g/mol. The van der Waals surface area contributed by atoms with Crippen molar-refractivity contribution in [3.8, 4) is 28.3 Å². The lowest BCUT2D eigenvalue weighted by molar-refractivity contribution is 1.08. The van der Waals surface area contributed by atoms with E-state index in [1.54, 1.807) is 0 Å². The first-order chi connectivity index (χ1) is 20.8. The summed E-state index contributed by atoms with van der Waals surface area (Å²) in [4.78, 5) is 10.0. The zero-order valence-electron chi connectivity index (χ0n) is 22.5. The molecule has 4 heteroatoms. The summed E-state index contributed by atoms with van der Waals surface area (Å²) in [6.45, 7) is 0. The maximum atomic E-state index is 5.29.